The van der Waals surface area contributed by atoms with E-state index in [2.05, 4.69) is 28.7 Å². The lowest BCUT2D eigenvalue weighted by atomic mass is 10.2. The molecule has 0 unspecified atom stereocenters. The second-order valence-corrected chi connectivity index (χ2v) is 6.75. The number of nitro groups is 2. The Hall–Kier alpha value is -4.81. The van der Waals surface area contributed by atoms with E-state index in [1.54, 1.807) is 18.2 Å². The van der Waals surface area contributed by atoms with Gasteiger partial charge in [0.15, 0.2) is 5.75 Å². The molecule has 0 bridgehead atoms. The first kappa shape index (κ1) is 25.5. The SMILES string of the molecule is C=CCN(CC=C)c1cc(NC(C)=O)c(N=Nc2c(O)cc([N+](=O)[O-])cc2[N+](=O)[O-])cc1OC. The molecule has 0 aromatic heterocycles. The van der Waals surface area contributed by atoms with Crippen molar-refractivity contribution in [3.8, 4) is 11.5 Å². The van der Waals surface area contributed by atoms with Crippen LogP contribution in [0.4, 0.5) is 34.1 Å². The number of ether oxygens (including phenoxy) is 1. The molecular weight excluding hydrogens is 448 g/mol. The highest BCUT2D eigenvalue weighted by Gasteiger charge is 2.25. The van der Waals surface area contributed by atoms with Gasteiger partial charge in [0.2, 0.25) is 11.6 Å². The van der Waals surface area contributed by atoms with E-state index in [0.717, 1.165) is 6.07 Å². The summed E-state index contributed by atoms with van der Waals surface area (Å²) in [4.78, 5) is 34.2. The zero-order valence-corrected chi connectivity index (χ0v) is 18.4. The number of nitro benzene ring substituents is 2. The molecule has 2 rings (SSSR count). The zero-order valence-electron chi connectivity index (χ0n) is 18.4. The van der Waals surface area contributed by atoms with Crippen LogP contribution in [0, 0.1) is 20.2 Å². The molecule has 2 aromatic carbocycles. The molecule has 0 atom stereocenters. The summed E-state index contributed by atoms with van der Waals surface area (Å²) >= 11 is 0. The third-order valence-corrected chi connectivity index (χ3v) is 4.37. The van der Waals surface area contributed by atoms with E-state index in [1.807, 2.05) is 4.90 Å². The first-order valence-electron chi connectivity index (χ1n) is 9.66. The minimum absolute atomic E-state index is 0.0556. The number of anilines is 2. The summed E-state index contributed by atoms with van der Waals surface area (Å²) in [6.07, 6.45) is 3.34. The van der Waals surface area contributed by atoms with Crippen molar-refractivity contribution in [2.45, 2.75) is 6.92 Å². The maximum absolute atomic E-state index is 11.8. The summed E-state index contributed by atoms with van der Waals surface area (Å²) in [5.41, 5.74) is -1.25. The minimum atomic E-state index is -0.929. The molecule has 1 amide bonds. The number of hydrogen-bond donors (Lipinski definition) is 2. The number of non-ortho nitro benzene ring substituents is 1. The van der Waals surface area contributed by atoms with E-state index in [4.69, 9.17) is 4.74 Å². The van der Waals surface area contributed by atoms with Crippen molar-refractivity contribution in [3.63, 3.8) is 0 Å². The number of carbonyl (C=O) groups excluding carboxylic acids is 1. The van der Waals surface area contributed by atoms with Crippen molar-refractivity contribution in [1.29, 1.82) is 0 Å². The number of benzene rings is 2. The molecule has 34 heavy (non-hydrogen) atoms. The van der Waals surface area contributed by atoms with Crippen LogP contribution in [0.5, 0.6) is 11.5 Å². The normalized spacial score (nSPS) is 10.5. The van der Waals surface area contributed by atoms with Gasteiger partial charge in [-0.2, -0.15) is 0 Å². The molecule has 0 aliphatic heterocycles. The number of hydrogen-bond acceptors (Lipinski definition) is 10. The van der Waals surface area contributed by atoms with Crippen molar-refractivity contribution in [2.24, 2.45) is 10.2 Å². The summed E-state index contributed by atoms with van der Waals surface area (Å²) in [6.45, 7) is 9.60. The molecule has 0 saturated heterocycles. The van der Waals surface area contributed by atoms with Crippen LogP contribution in [0.3, 0.4) is 0 Å². The second kappa shape index (κ2) is 11.2. The predicted molar refractivity (Wildman–Crippen MR) is 125 cm³/mol. The van der Waals surface area contributed by atoms with Crippen molar-refractivity contribution in [3.05, 3.63) is 69.8 Å². The van der Waals surface area contributed by atoms with E-state index in [1.165, 1.54) is 20.1 Å². The van der Waals surface area contributed by atoms with Crippen LogP contribution in [0.25, 0.3) is 0 Å². The lowest BCUT2D eigenvalue weighted by Crippen LogP contribution is -2.24. The van der Waals surface area contributed by atoms with Crippen LogP contribution in [-0.2, 0) is 4.79 Å². The Morgan fingerprint density at radius 3 is 2.29 bits per heavy atom. The fourth-order valence-electron chi connectivity index (χ4n) is 2.96. The molecule has 2 aromatic rings. The van der Waals surface area contributed by atoms with Gasteiger partial charge >= 0.3 is 5.69 Å². The highest BCUT2D eigenvalue weighted by molar-refractivity contribution is 5.94. The van der Waals surface area contributed by atoms with Crippen LogP contribution < -0.4 is 15.0 Å². The van der Waals surface area contributed by atoms with Crippen molar-refractivity contribution >= 4 is 40.0 Å². The number of phenols is 1. The van der Waals surface area contributed by atoms with E-state index >= 15 is 0 Å². The number of nitrogens with zero attached hydrogens (tertiary/aromatic N) is 5. The summed E-state index contributed by atoms with van der Waals surface area (Å²) in [5.74, 6) is -0.887. The van der Waals surface area contributed by atoms with Crippen molar-refractivity contribution in [2.75, 3.05) is 30.4 Å². The summed E-state index contributed by atoms with van der Waals surface area (Å²) < 4.78 is 5.44. The summed E-state index contributed by atoms with van der Waals surface area (Å²) in [5, 5.41) is 42.8. The van der Waals surface area contributed by atoms with E-state index in [0.29, 0.717) is 30.6 Å². The average molecular weight is 470 g/mol. The Morgan fingerprint density at radius 1 is 1.15 bits per heavy atom. The Kier molecular flexibility index (Phi) is 8.36. The first-order valence-corrected chi connectivity index (χ1v) is 9.66. The van der Waals surface area contributed by atoms with Gasteiger partial charge in [0, 0.05) is 26.1 Å². The maximum Gasteiger partial charge on any atom is 0.307 e. The molecule has 0 saturated carbocycles. The van der Waals surface area contributed by atoms with Crippen LogP contribution >= 0.6 is 0 Å². The second-order valence-electron chi connectivity index (χ2n) is 6.75. The number of amides is 1. The van der Waals surface area contributed by atoms with Crippen molar-refractivity contribution < 1.29 is 24.5 Å². The number of rotatable bonds is 11. The van der Waals surface area contributed by atoms with Crippen LogP contribution in [0.2, 0.25) is 0 Å². The molecule has 0 spiro atoms. The molecule has 0 heterocycles. The summed E-state index contributed by atoms with van der Waals surface area (Å²) in [6, 6.07) is 4.40. The predicted octanol–water partition coefficient (Wildman–Crippen LogP) is 4.77. The highest BCUT2D eigenvalue weighted by Crippen LogP contribution is 2.43. The van der Waals surface area contributed by atoms with Crippen LogP contribution in [-0.4, -0.2) is 41.1 Å². The van der Waals surface area contributed by atoms with Gasteiger partial charge in [-0.05, 0) is 6.07 Å². The number of azo groups is 1. The number of aromatic hydroxyl groups is 1. The third kappa shape index (κ3) is 5.91. The molecule has 13 nitrogen and oxygen atoms in total. The smallest absolute Gasteiger partial charge is 0.307 e. The Labute approximate surface area is 194 Å². The minimum Gasteiger partial charge on any atom is -0.505 e. The molecule has 0 aliphatic carbocycles. The molecule has 0 fully saturated rings. The van der Waals surface area contributed by atoms with Gasteiger partial charge in [-0.3, -0.25) is 25.0 Å². The van der Waals surface area contributed by atoms with Gasteiger partial charge < -0.3 is 20.1 Å². The quantitative estimate of drug-likeness (QED) is 0.204. The number of methoxy groups -OCH3 is 1. The lowest BCUT2D eigenvalue weighted by molar-refractivity contribution is -0.393. The monoisotopic (exact) mass is 470 g/mol. The lowest BCUT2D eigenvalue weighted by Gasteiger charge is -2.25. The van der Waals surface area contributed by atoms with Gasteiger partial charge in [0.05, 0.1) is 40.5 Å². The number of carbonyl (C=O) groups is 1. The molecule has 178 valence electrons. The third-order valence-electron chi connectivity index (χ3n) is 4.37. The topological polar surface area (TPSA) is 173 Å². The molecule has 0 radical (unpaired) electrons. The number of nitrogens with one attached hydrogen (secondary N) is 1. The molecular formula is C21H22N6O7. The Balaban J connectivity index is 2.68. The van der Waals surface area contributed by atoms with E-state index < -0.39 is 38.6 Å². The highest BCUT2D eigenvalue weighted by atomic mass is 16.6. The maximum atomic E-state index is 11.8. The van der Waals surface area contributed by atoms with Gasteiger partial charge in [-0.15, -0.1) is 23.4 Å². The zero-order chi connectivity index (χ0) is 25.4. The van der Waals surface area contributed by atoms with Crippen LogP contribution in [0.15, 0.2) is 59.8 Å². The Morgan fingerprint density at radius 2 is 1.79 bits per heavy atom. The standard InChI is InChI=1S/C21H22N6O7/c1-5-7-25(8-6-2)17-11-15(22-13(3)28)16(12-20(17)34-4)23-24-21-18(27(32)33)9-14(26(30)31)10-19(21)29/h5-6,9-12,29H,1-2,7-8H2,3-4H3,(H,22,28). The van der Waals surface area contributed by atoms with E-state index in [9.17, 15) is 30.1 Å². The first-order chi connectivity index (χ1) is 16.1. The average Bonchev–Trinajstić information content (AvgIpc) is 2.77. The van der Waals surface area contributed by atoms with Crippen molar-refractivity contribution in [1.82, 2.24) is 0 Å². The molecule has 0 aliphatic rings. The van der Waals surface area contributed by atoms with Gasteiger partial charge in [-0.1, -0.05) is 12.2 Å². The largest absolute Gasteiger partial charge is 0.505 e. The fraction of sp³-hybridized carbons (Fsp3) is 0.190. The van der Waals surface area contributed by atoms with Crippen LogP contribution in [0.1, 0.15) is 6.92 Å². The fourth-order valence-corrected chi connectivity index (χ4v) is 2.96. The Bertz CT molecular complexity index is 1170. The van der Waals surface area contributed by atoms with Gasteiger partial charge in [0.1, 0.15) is 11.4 Å². The number of phenolic OH excluding ortho intramolecular Hbond substituents is 1. The van der Waals surface area contributed by atoms with Gasteiger partial charge in [0.25, 0.3) is 5.69 Å². The summed E-state index contributed by atoms with van der Waals surface area (Å²) in [7, 11) is 1.42. The molecule has 2 N–H and O–H groups in total. The van der Waals surface area contributed by atoms with Gasteiger partial charge in [-0.25, -0.2) is 0 Å². The van der Waals surface area contributed by atoms with E-state index in [-0.39, 0.29) is 11.4 Å². The molecule has 13 heteroatoms.